The monoisotopic (exact) mass is 419 g/mol. The van der Waals surface area contributed by atoms with Gasteiger partial charge in [0.05, 0.1) is 0 Å². The Kier molecular flexibility index (Phi) is 6.75. The molecule has 0 bridgehead atoms. The molecular weight excluding hydrogens is 395 g/mol. The third-order valence-electron chi connectivity index (χ3n) is 4.19. The molecule has 1 amide bonds. The number of ketones is 1. The van der Waals surface area contributed by atoms with Crippen LogP contribution in [0.25, 0.3) is 6.08 Å². The van der Waals surface area contributed by atoms with Crippen LogP contribution in [0.2, 0.25) is 0 Å². The topological polar surface area (TPSA) is 55.4 Å². The first-order chi connectivity index (χ1) is 13.8. The molecule has 2 aromatic rings. The molecule has 0 saturated heterocycles. The van der Waals surface area contributed by atoms with Crippen LogP contribution in [0.5, 0.6) is 0 Å². The number of benzene rings is 2. The standard InChI is InChI=1S/C23H24F3NO3/c1-16-10-13-18(14-11-16)22(23(24,25)26,27-20(29)30-21(2,3)4)19(28)15-12-17-8-6-5-7-9-17/h5-15H,1-4H3,(H,27,29)/b15-12+. The highest BCUT2D eigenvalue weighted by Gasteiger charge is 2.62. The smallest absolute Gasteiger partial charge is 0.423 e. The summed E-state index contributed by atoms with van der Waals surface area (Å²) in [5.41, 5.74) is -3.50. The van der Waals surface area contributed by atoms with Crippen LogP contribution < -0.4 is 5.32 Å². The number of carbonyl (C=O) groups excluding carboxylic acids is 2. The minimum Gasteiger partial charge on any atom is -0.444 e. The van der Waals surface area contributed by atoms with E-state index in [4.69, 9.17) is 4.74 Å². The zero-order valence-electron chi connectivity index (χ0n) is 17.2. The maximum atomic E-state index is 14.4. The Morgan fingerprint density at radius 3 is 2.00 bits per heavy atom. The van der Waals surface area contributed by atoms with Gasteiger partial charge in [-0.1, -0.05) is 66.2 Å². The lowest BCUT2D eigenvalue weighted by Crippen LogP contribution is -2.61. The van der Waals surface area contributed by atoms with Gasteiger partial charge in [0.25, 0.3) is 0 Å². The Hall–Kier alpha value is -3.09. The summed E-state index contributed by atoms with van der Waals surface area (Å²) in [6, 6.07) is 13.7. The highest BCUT2D eigenvalue weighted by molar-refractivity contribution is 6.03. The SMILES string of the molecule is Cc1ccc(C(NC(=O)OC(C)(C)C)(C(=O)/C=C/c2ccccc2)C(F)(F)F)cc1. The molecule has 30 heavy (non-hydrogen) atoms. The van der Waals surface area contributed by atoms with E-state index in [1.165, 1.54) is 51.1 Å². The zero-order valence-corrected chi connectivity index (χ0v) is 17.2. The molecule has 0 aliphatic rings. The fraction of sp³-hybridized carbons (Fsp3) is 0.304. The van der Waals surface area contributed by atoms with Crippen LogP contribution in [-0.2, 0) is 15.1 Å². The normalized spacial score (nSPS) is 14.2. The first-order valence-electron chi connectivity index (χ1n) is 9.28. The number of aryl methyl sites for hydroxylation is 1. The maximum Gasteiger partial charge on any atom is 0.423 e. The average molecular weight is 419 g/mol. The summed E-state index contributed by atoms with van der Waals surface area (Å²) in [7, 11) is 0. The van der Waals surface area contributed by atoms with Gasteiger partial charge in [0.15, 0.2) is 5.78 Å². The predicted molar refractivity (Wildman–Crippen MR) is 109 cm³/mol. The fourth-order valence-corrected chi connectivity index (χ4v) is 2.77. The molecule has 0 radical (unpaired) electrons. The number of hydrogen-bond acceptors (Lipinski definition) is 3. The second-order valence-corrected chi connectivity index (χ2v) is 7.85. The Labute approximate surface area is 173 Å². The van der Waals surface area contributed by atoms with Crippen LogP contribution in [0, 0.1) is 6.92 Å². The first kappa shape index (κ1) is 23.2. The van der Waals surface area contributed by atoms with E-state index in [1.807, 2.05) is 5.32 Å². The number of alkyl carbamates (subject to hydrolysis) is 1. The third-order valence-corrected chi connectivity index (χ3v) is 4.19. The van der Waals surface area contributed by atoms with Gasteiger partial charge in [-0.25, -0.2) is 4.79 Å². The van der Waals surface area contributed by atoms with E-state index in [1.54, 1.807) is 37.3 Å². The van der Waals surface area contributed by atoms with Gasteiger partial charge in [-0.2, -0.15) is 13.2 Å². The summed E-state index contributed by atoms with van der Waals surface area (Å²) < 4.78 is 48.2. The van der Waals surface area contributed by atoms with Crippen molar-refractivity contribution in [2.45, 2.75) is 45.0 Å². The van der Waals surface area contributed by atoms with Crippen molar-refractivity contribution in [3.05, 3.63) is 77.4 Å². The highest BCUT2D eigenvalue weighted by Crippen LogP contribution is 2.41. The summed E-state index contributed by atoms with van der Waals surface area (Å²) >= 11 is 0. The van der Waals surface area contributed by atoms with Crippen molar-refractivity contribution in [2.24, 2.45) is 0 Å². The van der Waals surface area contributed by atoms with Crippen molar-refractivity contribution < 1.29 is 27.5 Å². The molecular formula is C23H24F3NO3. The van der Waals surface area contributed by atoms with Gasteiger partial charge in [0.1, 0.15) is 5.60 Å². The van der Waals surface area contributed by atoms with Crippen molar-refractivity contribution in [2.75, 3.05) is 0 Å². The minimum atomic E-state index is -5.13. The largest absolute Gasteiger partial charge is 0.444 e. The van der Waals surface area contributed by atoms with E-state index in [-0.39, 0.29) is 0 Å². The lowest BCUT2D eigenvalue weighted by Gasteiger charge is -2.35. The molecule has 0 aliphatic carbocycles. The van der Waals surface area contributed by atoms with Crippen LogP contribution in [0.3, 0.4) is 0 Å². The molecule has 0 saturated carbocycles. The molecule has 0 heterocycles. The van der Waals surface area contributed by atoms with E-state index in [2.05, 4.69) is 0 Å². The molecule has 0 aromatic heterocycles. The average Bonchev–Trinajstić information content (AvgIpc) is 2.63. The van der Waals surface area contributed by atoms with Gasteiger partial charge in [-0.15, -0.1) is 0 Å². The zero-order chi connectivity index (χ0) is 22.6. The van der Waals surface area contributed by atoms with E-state index in [9.17, 15) is 22.8 Å². The number of alkyl halides is 3. The third kappa shape index (κ3) is 5.49. The summed E-state index contributed by atoms with van der Waals surface area (Å²) in [5, 5.41) is 1.81. The van der Waals surface area contributed by atoms with E-state index in [0.717, 1.165) is 6.08 Å². The molecule has 7 heteroatoms. The molecule has 4 nitrogen and oxygen atoms in total. The van der Waals surface area contributed by atoms with Crippen LogP contribution in [0.4, 0.5) is 18.0 Å². The van der Waals surface area contributed by atoms with Crippen molar-refractivity contribution in [3.8, 4) is 0 Å². The second-order valence-electron chi connectivity index (χ2n) is 7.85. The van der Waals surface area contributed by atoms with Crippen LogP contribution in [0.15, 0.2) is 60.7 Å². The Balaban J connectivity index is 2.58. The molecule has 0 fully saturated rings. The lowest BCUT2D eigenvalue weighted by molar-refractivity contribution is -0.198. The van der Waals surface area contributed by atoms with Gasteiger partial charge in [-0.05, 0) is 44.9 Å². The molecule has 0 aliphatic heterocycles. The van der Waals surface area contributed by atoms with Gasteiger partial charge < -0.3 is 4.74 Å². The summed E-state index contributed by atoms with van der Waals surface area (Å²) in [5.74, 6) is -1.34. The molecule has 0 spiro atoms. The summed E-state index contributed by atoms with van der Waals surface area (Å²) in [4.78, 5) is 25.3. The Morgan fingerprint density at radius 1 is 0.933 bits per heavy atom. The van der Waals surface area contributed by atoms with Crippen molar-refractivity contribution in [3.63, 3.8) is 0 Å². The second kappa shape index (κ2) is 8.73. The number of ether oxygens (including phenoxy) is 1. The van der Waals surface area contributed by atoms with Gasteiger partial charge >= 0.3 is 12.3 Å². The number of carbonyl (C=O) groups is 2. The quantitative estimate of drug-likeness (QED) is 0.646. The molecule has 1 N–H and O–H groups in total. The Bertz CT molecular complexity index is 913. The van der Waals surface area contributed by atoms with Crippen LogP contribution in [-0.4, -0.2) is 23.7 Å². The number of hydrogen-bond donors (Lipinski definition) is 1. The molecule has 1 atom stereocenters. The highest BCUT2D eigenvalue weighted by atomic mass is 19.4. The van der Waals surface area contributed by atoms with Crippen LogP contribution >= 0.6 is 0 Å². The summed E-state index contributed by atoms with van der Waals surface area (Å²) in [6.45, 7) is 6.26. The van der Waals surface area contributed by atoms with Crippen LogP contribution in [0.1, 0.15) is 37.5 Å². The van der Waals surface area contributed by atoms with E-state index < -0.39 is 34.8 Å². The number of rotatable bonds is 5. The molecule has 2 rings (SSSR count). The molecule has 2 aromatic carbocycles. The van der Waals surface area contributed by atoms with Crippen molar-refractivity contribution in [1.82, 2.24) is 5.32 Å². The minimum absolute atomic E-state index is 0.408. The predicted octanol–water partition coefficient (Wildman–Crippen LogP) is 5.56. The number of halogens is 3. The maximum absolute atomic E-state index is 14.4. The van der Waals surface area contributed by atoms with E-state index in [0.29, 0.717) is 11.1 Å². The summed E-state index contributed by atoms with van der Waals surface area (Å²) in [6.07, 6.45) is -4.38. The fourth-order valence-electron chi connectivity index (χ4n) is 2.77. The molecule has 160 valence electrons. The Morgan fingerprint density at radius 2 is 1.50 bits per heavy atom. The number of amides is 1. The van der Waals surface area contributed by atoms with Crippen molar-refractivity contribution >= 4 is 18.0 Å². The van der Waals surface area contributed by atoms with Gasteiger partial charge in [0.2, 0.25) is 5.54 Å². The van der Waals surface area contributed by atoms with Gasteiger partial charge in [-0.3, -0.25) is 10.1 Å². The lowest BCUT2D eigenvalue weighted by atomic mass is 9.84. The molecule has 1 unspecified atom stereocenters. The first-order valence-corrected chi connectivity index (χ1v) is 9.28. The van der Waals surface area contributed by atoms with E-state index >= 15 is 0 Å². The van der Waals surface area contributed by atoms with Crippen molar-refractivity contribution in [1.29, 1.82) is 0 Å². The number of nitrogens with one attached hydrogen (secondary N) is 1. The van der Waals surface area contributed by atoms with Gasteiger partial charge in [0, 0.05) is 0 Å².